The van der Waals surface area contributed by atoms with E-state index in [0.29, 0.717) is 17.7 Å². The second-order valence-electron chi connectivity index (χ2n) is 3.75. The van der Waals surface area contributed by atoms with Crippen LogP contribution in [0.4, 0.5) is 0 Å². The van der Waals surface area contributed by atoms with Crippen molar-refractivity contribution in [1.82, 2.24) is 9.78 Å². The summed E-state index contributed by atoms with van der Waals surface area (Å²) in [5.74, 6) is -1.06. The number of nitrogens with zero attached hydrogens (tertiary/aromatic N) is 3. The zero-order chi connectivity index (χ0) is 13.1. The summed E-state index contributed by atoms with van der Waals surface area (Å²) in [6.07, 6.45) is 0.664. The monoisotopic (exact) mass is 241 g/mol. The molecule has 0 radical (unpaired) electrons. The van der Waals surface area contributed by atoms with E-state index in [9.17, 15) is 4.79 Å². The van der Waals surface area contributed by atoms with Gasteiger partial charge in [0.15, 0.2) is 5.69 Å². The fourth-order valence-corrected chi connectivity index (χ4v) is 1.71. The van der Waals surface area contributed by atoms with Gasteiger partial charge in [0.1, 0.15) is 0 Å². The minimum absolute atomic E-state index is 0.00853. The summed E-state index contributed by atoms with van der Waals surface area (Å²) in [6, 6.07) is 10.5. The third kappa shape index (κ3) is 2.09. The van der Waals surface area contributed by atoms with Crippen molar-refractivity contribution in [2.45, 2.75) is 13.3 Å². The van der Waals surface area contributed by atoms with Crippen LogP contribution in [0.2, 0.25) is 0 Å². The molecule has 0 aliphatic rings. The lowest BCUT2D eigenvalue weighted by Crippen LogP contribution is -2.03. The number of aromatic carboxylic acids is 1. The fourth-order valence-electron chi connectivity index (χ4n) is 1.71. The summed E-state index contributed by atoms with van der Waals surface area (Å²) in [5, 5.41) is 21.8. The molecule has 0 saturated heterocycles. The molecule has 18 heavy (non-hydrogen) atoms. The Hall–Kier alpha value is -2.61. The van der Waals surface area contributed by atoms with Gasteiger partial charge < -0.3 is 5.11 Å². The molecule has 0 aliphatic carbocycles. The first kappa shape index (κ1) is 11.9. The van der Waals surface area contributed by atoms with Crippen molar-refractivity contribution in [3.8, 4) is 11.8 Å². The van der Waals surface area contributed by atoms with Gasteiger partial charge in [-0.3, -0.25) is 0 Å². The van der Waals surface area contributed by atoms with Crippen LogP contribution in [-0.2, 0) is 6.42 Å². The standard InChI is InChI=1S/C13H11N3O2/c1-2-10-7-12(13(17)18)15-16(10)11-5-3-4-9(6-11)8-14/h3-7H,2H2,1H3,(H,17,18). The van der Waals surface area contributed by atoms with Crippen molar-refractivity contribution in [3.63, 3.8) is 0 Å². The lowest BCUT2D eigenvalue weighted by atomic mass is 10.2. The van der Waals surface area contributed by atoms with Gasteiger partial charge in [0.05, 0.1) is 17.3 Å². The highest BCUT2D eigenvalue weighted by Crippen LogP contribution is 2.15. The summed E-state index contributed by atoms with van der Waals surface area (Å²) in [5.41, 5.74) is 2.01. The SMILES string of the molecule is CCc1cc(C(=O)O)nn1-c1cccc(C#N)c1. The van der Waals surface area contributed by atoms with Gasteiger partial charge >= 0.3 is 5.97 Å². The van der Waals surface area contributed by atoms with E-state index in [-0.39, 0.29) is 5.69 Å². The van der Waals surface area contributed by atoms with Crippen molar-refractivity contribution in [1.29, 1.82) is 5.26 Å². The van der Waals surface area contributed by atoms with Gasteiger partial charge in [0, 0.05) is 5.69 Å². The van der Waals surface area contributed by atoms with Crippen molar-refractivity contribution < 1.29 is 9.90 Å². The number of carboxylic acids is 1. The number of carboxylic acid groups (broad SMARTS) is 1. The van der Waals surface area contributed by atoms with Crippen LogP contribution in [0.15, 0.2) is 30.3 Å². The number of nitriles is 1. The van der Waals surface area contributed by atoms with Crippen molar-refractivity contribution in [3.05, 3.63) is 47.3 Å². The molecule has 0 amide bonds. The number of carbonyl (C=O) groups is 1. The minimum Gasteiger partial charge on any atom is -0.476 e. The van der Waals surface area contributed by atoms with E-state index in [1.807, 2.05) is 13.0 Å². The molecule has 2 aromatic rings. The van der Waals surface area contributed by atoms with Crippen LogP contribution in [0.1, 0.15) is 28.7 Å². The van der Waals surface area contributed by atoms with Crippen LogP contribution in [0.3, 0.4) is 0 Å². The van der Waals surface area contributed by atoms with Crippen LogP contribution in [0.25, 0.3) is 5.69 Å². The maximum atomic E-state index is 10.9. The molecule has 0 aliphatic heterocycles. The molecule has 0 atom stereocenters. The molecule has 0 unspecified atom stereocenters. The van der Waals surface area contributed by atoms with Gasteiger partial charge in [-0.1, -0.05) is 13.0 Å². The molecule has 0 fully saturated rings. The highest BCUT2D eigenvalue weighted by atomic mass is 16.4. The summed E-state index contributed by atoms with van der Waals surface area (Å²) in [4.78, 5) is 10.9. The molecule has 1 aromatic heterocycles. The normalized spacial score (nSPS) is 10.0. The molecular formula is C13H11N3O2. The third-order valence-corrected chi connectivity index (χ3v) is 2.58. The van der Waals surface area contributed by atoms with E-state index < -0.39 is 5.97 Å². The highest BCUT2D eigenvalue weighted by Gasteiger charge is 2.13. The zero-order valence-electron chi connectivity index (χ0n) is 9.79. The van der Waals surface area contributed by atoms with Crippen LogP contribution in [0.5, 0.6) is 0 Å². The molecular weight excluding hydrogens is 230 g/mol. The topological polar surface area (TPSA) is 78.9 Å². The van der Waals surface area contributed by atoms with Crippen LogP contribution in [-0.4, -0.2) is 20.9 Å². The number of aryl methyl sites for hydroxylation is 1. The van der Waals surface area contributed by atoms with Crippen molar-refractivity contribution >= 4 is 5.97 Å². The second-order valence-corrected chi connectivity index (χ2v) is 3.75. The second kappa shape index (κ2) is 4.72. The largest absolute Gasteiger partial charge is 0.476 e. The molecule has 5 heteroatoms. The molecule has 90 valence electrons. The summed E-state index contributed by atoms with van der Waals surface area (Å²) < 4.78 is 1.56. The van der Waals surface area contributed by atoms with E-state index in [4.69, 9.17) is 10.4 Å². The number of hydrogen-bond donors (Lipinski definition) is 1. The minimum atomic E-state index is -1.06. The molecule has 0 bridgehead atoms. The number of aromatic nitrogens is 2. The Bertz CT molecular complexity index is 638. The number of benzene rings is 1. The van der Waals surface area contributed by atoms with Gasteiger partial charge in [-0.15, -0.1) is 0 Å². The first-order valence-corrected chi connectivity index (χ1v) is 5.48. The maximum absolute atomic E-state index is 10.9. The molecule has 1 aromatic carbocycles. The number of rotatable bonds is 3. The van der Waals surface area contributed by atoms with Gasteiger partial charge in [0.25, 0.3) is 0 Å². The first-order chi connectivity index (χ1) is 8.65. The molecule has 0 spiro atoms. The Morgan fingerprint density at radius 1 is 1.50 bits per heavy atom. The summed E-state index contributed by atoms with van der Waals surface area (Å²) in [6.45, 7) is 1.92. The van der Waals surface area contributed by atoms with Crippen molar-refractivity contribution in [2.24, 2.45) is 0 Å². The first-order valence-electron chi connectivity index (χ1n) is 5.48. The summed E-state index contributed by atoms with van der Waals surface area (Å²) in [7, 11) is 0. The average Bonchev–Trinajstić information content (AvgIpc) is 2.83. The molecule has 0 saturated carbocycles. The van der Waals surface area contributed by atoms with Gasteiger partial charge in [-0.05, 0) is 30.7 Å². The number of hydrogen-bond acceptors (Lipinski definition) is 3. The Morgan fingerprint density at radius 2 is 2.28 bits per heavy atom. The van der Waals surface area contributed by atoms with E-state index >= 15 is 0 Å². The summed E-state index contributed by atoms with van der Waals surface area (Å²) >= 11 is 0. The third-order valence-electron chi connectivity index (χ3n) is 2.58. The van der Waals surface area contributed by atoms with Gasteiger partial charge in [-0.25, -0.2) is 9.48 Å². The smallest absolute Gasteiger partial charge is 0.356 e. The fraction of sp³-hybridized carbons (Fsp3) is 0.154. The lowest BCUT2D eigenvalue weighted by molar-refractivity contribution is 0.0690. The predicted octanol–water partition coefficient (Wildman–Crippen LogP) is 2.00. The van der Waals surface area contributed by atoms with Crippen LogP contribution < -0.4 is 0 Å². The molecule has 5 nitrogen and oxygen atoms in total. The van der Waals surface area contributed by atoms with E-state index in [0.717, 1.165) is 5.69 Å². The van der Waals surface area contributed by atoms with E-state index in [1.165, 1.54) is 0 Å². The molecule has 1 heterocycles. The Kier molecular flexibility index (Phi) is 3.11. The molecule has 1 N–H and O–H groups in total. The zero-order valence-corrected chi connectivity index (χ0v) is 9.79. The van der Waals surface area contributed by atoms with Crippen LogP contribution in [0, 0.1) is 11.3 Å². The highest BCUT2D eigenvalue weighted by molar-refractivity contribution is 5.85. The molecule has 2 rings (SSSR count). The van der Waals surface area contributed by atoms with Crippen molar-refractivity contribution in [2.75, 3.05) is 0 Å². The van der Waals surface area contributed by atoms with E-state index in [1.54, 1.807) is 35.0 Å². The van der Waals surface area contributed by atoms with Gasteiger partial charge in [-0.2, -0.15) is 10.4 Å². The predicted molar refractivity (Wildman–Crippen MR) is 64.6 cm³/mol. The van der Waals surface area contributed by atoms with Crippen LogP contribution >= 0.6 is 0 Å². The Labute approximate surface area is 104 Å². The average molecular weight is 241 g/mol. The Balaban J connectivity index is 2.55. The Morgan fingerprint density at radius 3 is 2.89 bits per heavy atom. The maximum Gasteiger partial charge on any atom is 0.356 e. The quantitative estimate of drug-likeness (QED) is 0.891. The van der Waals surface area contributed by atoms with Gasteiger partial charge in [0.2, 0.25) is 0 Å². The van der Waals surface area contributed by atoms with E-state index in [2.05, 4.69) is 5.10 Å². The lowest BCUT2D eigenvalue weighted by Gasteiger charge is -2.05.